The predicted molar refractivity (Wildman–Crippen MR) is 290 cm³/mol. The van der Waals surface area contributed by atoms with Crippen molar-refractivity contribution in [3.63, 3.8) is 0 Å². The van der Waals surface area contributed by atoms with E-state index in [1.807, 2.05) is 0 Å². The zero-order valence-electron chi connectivity index (χ0n) is 37.3. The van der Waals surface area contributed by atoms with Crippen LogP contribution in [0, 0.1) is 0 Å². The molecule has 13 rings (SSSR count). The summed E-state index contributed by atoms with van der Waals surface area (Å²) < 4.78 is 7.17. The van der Waals surface area contributed by atoms with Crippen LogP contribution in [-0.2, 0) is 0 Å². The van der Waals surface area contributed by atoms with Gasteiger partial charge in [-0.2, -0.15) is 0 Å². The van der Waals surface area contributed by atoms with Gasteiger partial charge in [-0.1, -0.05) is 231 Å². The fourth-order valence-electron chi connectivity index (χ4n) is 11.6. The van der Waals surface area contributed by atoms with Crippen LogP contribution in [0.3, 0.4) is 0 Å². The fraction of sp³-hybridized carbons (Fsp3) is 0. The highest BCUT2D eigenvalue weighted by molar-refractivity contribution is 7.33. The highest BCUT2D eigenvalue weighted by atomic mass is 28.3. The van der Waals surface area contributed by atoms with Gasteiger partial charge in [-0.25, -0.2) is 0 Å². The van der Waals surface area contributed by atoms with Gasteiger partial charge in [0.2, 0.25) is 0 Å². The molecule has 11 aromatic carbocycles. The van der Waals surface area contributed by atoms with Crippen molar-refractivity contribution >= 4 is 85.5 Å². The smallest absolute Gasteiger partial charge is 0.188 e. The number of fused-ring (bicyclic) bond motifs is 9. The third-order valence-corrected chi connectivity index (χ3v) is 24.8. The number of hydrogen-bond acceptors (Lipinski definition) is 2. The molecule has 0 saturated heterocycles. The van der Waals surface area contributed by atoms with E-state index in [9.17, 15) is 0 Å². The van der Waals surface area contributed by atoms with Crippen LogP contribution in [0.25, 0.3) is 33.0 Å². The average molecular weight is 900 g/mol. The van der Waals surface area contributed by atoms with Gasteiger partial charge in [0, 0.05) is 16.8 Å². The second kappa shape index (κ2) is 16.2. The van der Waals surface area contributed by atoms with Crippen LogP contribution in [0.5, 0.6) is 11.5 Å². The van der Waals surface area contributed by atoms with Crippen LogP contribution in [0.15, 0.2) is 273 Å². The lowest BCUT2D eigenvalue weighted by atomic mass is 10.0. The van der Waals surface area contributed by atoms with Crippen LogP contribution < -0.4 is 51.1 Å². The number of benzene rings is 11. The summed E-state index contributed by atoms with van der Waals surface area (Å²) in [6.07, 6.45) is 0. The molecular formula is C64H45NOSi2. The summed E-state index contributed by atoms with van der Waals surface area (Å²) in [5, 5.41) is 13.6. The monoisotopic (exact) mass is 899 g/mol. The first-order valence-corrected chi connectivity index (χ1v) is 27.5. The minimum Gasteiger partial charge on any atom is -0.458 e. The number of hydrogen-bond donors (Lipinski definition) is 0. The molecular weight excluding hydrogens is 855 g/mol. The van der Waals surface area contributed by atoms with Gasteiger partial charge in [0.25, 0.3) is 0 Å². The van der Waals surface area contributed by atoms with E-state index in [1.165, 1.54) is 63.4 Å². The molecule has 0 unspecified atom stereocenters. The largest absolute Gasteiger partial charge is 0.458 e. The van der Waals surface area contributed by atoms with Crippen molar-refractivity contribution in [1.29, 1.82) is 0 Å². The van der Waals surface area contributed by atoms with Crippen molar-refractivity contribution in [2.24, 2.45) is 0 Å². The van der Waals surface area contributed by atoms with Gasteiger partial charge < -0.3 is 9.64 Å². The molecule has 1 spiro atoms. The van der Waals surface area contributed by atoms with Crippen molar-refractivity contribution in [3.05, 3.63) is 273 Å². The highest BCUT2D eigenvalue weighted by Gasteiger charge is 2.58. The summed E-state index contributed by atoms with van der Waals surface area (Å²) >= 11 is 0. The Morgan fingerprint density at radius 1 is 0.279 bits per heavy atom. The Bertz CT molecular complexity index is 3570. The lowest BCUT2D eigenvalue weighted by Crippen LogP contribution is -2.93. The SMILES string of the molecule is c1ccc(-c2ccc(N(c3cccc(-c4ccc5c(c4)Oc4ccccc4[Si]54c5ccccc5[Si](c5ccccc5)(c5ccccc5)c5ccccc54)c3)c3cccc4ccccc34)cc2)cc1. The number of para-hydroxylation sites is 1. The van der Waals surface area contributed by atoms with Crippen molar-refractivity contribution in [2.45, 2.75) is 0 Å². The summed E-state index contributed by atoms with van der Waals surface area (Å²) in [4.78, 5) is 2.40. The van der Waals surface area contributed by atoms with Gasteiger partial charge in [0.1, 0.15) is 11.5 Å². The first-order valence-electron chi connectivity index (χ1n) is 23.5. The zero-order chi connectivity index (χ0) is 45.1. The number of rotatable bonds is 7. The molecule has 0 saturated carbocycles. The zero-order valence-corrected chi connectivity index (χ0v) is 39.3. The second-order valence-electron chi connectivity index (χ2n) is 17.9. The summed E-state index contributed by atoms with van der Waals surface area (Å²) in [6.45, 7) is 0. The summed E-state index contributed by atoms with van der Waals surface area (Å²) in [7, 11) is -5.82. The Morgan fingerprint density at radius 3 is 1.43 bits per heavy atom. The van der Waals surface area contributed by atoms with Gasteiger partial charge in [0.05, 0.1) is 5.69 Å². The normalized spacial score (nSPS) is 13.6. The molecule has 320 valence electrons. The topological polar surface area (TPSA) is 12.5 Å². The van der Waals surface area contributed by atoms with Gasteiger partial charge in [0.15, 0.2) is 16.1 Å². The van der Waals surface area contributed by atoms with E-state index in [4.69, 9.17) is 4.74 Å². The quantitative estimate of drug-likeness (QED) is 0.148. The molecule has 2 aliphatic heterocycles. The number of ether oxygens (including phenoxy) is 1. The van der Waals surface area contributed by atoms with E-state index in [0.717, 1.165) is 39.7 Å². The van der Waals surface area contributed by atoms with Crippen LogP contribution in [0.2, 0.25) is 0 Å². The van der Waals surface area contributed by atoms with Gasteiger partial charge in [-0.3, -0.25) is 0 Å². The van der Waals surface area contributed by atoms with E-state index >= 15 is 0 Å². The van der Waals surface area contributed by atoms with Crippen molar-refractivity contribution in [3.8, 4) is 33.8 Å². The van der Waals surface area contributed by atoms with Crippen molar-refractivity contribution < 1.29 is 4.74 Å². The standard InChI is InChI=1S/C64H45NOSi2/c1-4-20-46(21-5-1)47-38-41-51(42-39-47)65(56-31-19-23-48-22-10-11-30-55(48)56)52-25-18-24-49(44-52)50-40-43-60-58(45-50)66-57-32-12-13-33-59(57)68(60)63-36-16-14-34-61(63)67(53-26-6-2-7-27-53,54-28-8-3-9-29-54)62-35-15-17-37-64(62)68/h1-45H. The number of anilines is 3. The molecule has 0 amide bonds. The van der Waals surface area contributed by atoms with Crippen LogP contribution in [0.1, 0.15) is 0 Å². The molecule has 2 nitrogen and oxygen atoms in total. The van der Waals surface area contributed by atoms with E-state index in [-0.39, 0.29) is 0 Å². The maximum absolute atomic E-state index is 7.17. The average Bonchev–Trinajstić information content (AvgIpc) is 3.42. The Hall–Kier alpha value is -8.29. The molecule has 0 fully saturated rings. The molecule has 11 aromatic rings. The first-order chi connectivity index (χ1) is 33.7. The van der Waals surface area contributed by atoms with E-state index in [2.05, 4.69) is 278 Å². The lowest BCUT2D eigenvalue weighted by Gasteiger charge is -2.50. The Labute approximate surface area is 399 Å². The van der Waals surface area contributed by atoms with Crippen LogP contribution in [-0.4, -0.2) is 16.1 Å². The molecule has 0 radical (unpaired) electrons. The fourth-order valence-corrected chi connectivity index (χ4v) is 23.9. The third-order valence-electron chi connectivity index (χ3n) is 14.5. The predicted octanol–water partition coefficient (Wildman–Crippen LogP) is 10.8. The Morgan fingerprint density at radius 2 is 0.750 bits per heavy atom. The second-order valence-corrected chi connectivity index (χ2v) is 25.3. The van der Waals surface area contributed by atoms with E-state index in [0.29, 0.717) is 0 Å². The molecule has 68 heavy (non-hydrogen) atoms. The molecule has 0 atom stereocenters. The maximum Gasteiger partial charge on any atom is 0.188 e. The molecule has 4 heteroatoms. The van der Waals surface area contributed by atoms with Crippen LogP contribution in [0.4, 0.5) is 17.1 Å². The number of nitrogens with zero attached hydrogens (tertiary/aromatic N) is 1. The first kappa shape index (κ1) is 40.0. The van der Waals surface area contributed by atoms with Crippen molar-refractivity contribution in [1.82, 2.24) is 0 Å². The summed E-state index contributed by atoms with van der Waals surface area (Å²) in [5.74, 6) is 1.87. The molecule has 0 N–H and O–H groups in total. The molecule has 2 aliphatic rings. The summed E-state index contributed by atoms with van der Waals surface area (Å²) in [6, 6.07) is 101. The molecule has 0 aromatic heterocycles. The van der Waals surface area contributed by atoms with Gasteiger partial charge in [-0.15, -0.1) is 0 Å². The highest BCUT2D eigenvalue weighted by Crippen LogP contribution is 2.42. The molecule has 2 heterocycles. The van der Waals surface area contributed by atoms with Crippen LogP contribution >= 0.6 is 0 Å². The van der Waals surface area contributed by atoms with Gasteiger partial charge >= 0.3 is 0 Å². The Balaban J connectivity index is 1.00. The van der Waals surface area contributed by atoms with Gasteiger partial charge in [-0.05, 0) is 112 Å². The lowest BCUT2D eigenvalue weighted by molar-refractivity contribution is 0.487. The summed E-state index contributed by atoms with van der Waals surface area (Å²) in [5.41, 5.74) is 7.94. The molecule has 0 aliphatic carbocycles. The van der Waals surface area contributed by atoms with E-state index in [1.54, 1.807) is 0 Å². The minimum atomic E-state index is -3.00. The Kier molecular flexibility index (Phi) is 9.56. The van der Waals surface area contributed by atoms with Crippen molar-refractivity contribution in [2.75, 3.05) is 4.90 Å². The maximum atomic E-state index is 7.17. The molecule has 0 bridgehead atoms. The van der Waals surface area contributed by atoms with E-state index < -0.39 is 16.1 Å². The minimum absolute atomic E-state index is 0.930. The third kappa shape index (κ3) is 6.08.